The van der Waals surface area contributed by atoms with Crippen LogP contribution in [0.4, 0.5) is 0 Å². The highest BCUT2D eigenvalue weighted by atomic mass is 15.2. The summed E-state index contributed by atoms with van der Waals surface area (Å²) in [5, 5.41) is 8.02. The first-order chi connectivity index (χ1) is 10.3. The monoisotopic (exact) mass is 283 g/mol. The van der Waals surface area contributed by atoms with Gasteiger partial charge in [-0.15, -0.1) is 0 Å². The molecular formula is C16H21N5. The first-order valence-corrected chi connectivity index (χ1v) is 7.38. The first-order valence-electron chi connectivity index (χ1n) is 7.38. The fourth-order valence-electron chi connectivity index (χ4n) is 2.71. The Hall–Kier alpha value is -2.14. The van der Waals surface area contributed by atoms with Crippen molar-refractivity contribution in [3.8, 4) is 0 Å². The van der Waals surface area contributed by atoms with Crippen LogP contribution in [0.5, 0.6) is 0 Å². The summed E-state index contributed by atoms with van der Waals surface area (Å²) in [4.78, 5) is 4.46. The summed E-state index contributed by atoms with van der Waals surface area (Å²) in [6, 6.07) is 10.7. The maximum atomic E-state index is 4.48. The van der Waals surface area contributed by atoms with Crippen LogP contribution in [0.3, 0.4) is 0 Å². The van der Waals surface area contributed by atoms with Crippen LogP contribution in [-0.2, 0) is 20.0 Å². The van der Waals surface area contributed by atoms with Crippen LogP contribution in [0.2, 0.25) is 0 Å². The molecule has 0 saturated heterocycles. The van der Waals surface area contributed by atoms with E-state index in [9.17, 15) is 0 Å². The summed E-state index contributed by atoms with van der Waals surface area (Å²) in [5.74, 6) is 0. The Balaban J connectivity index is 1.78. The molecule has 3 aromatic rings. The van der Waals surface area contributed by atoms with Gasteiger partial charge in [-0.25, -0.2) is 4.98 Å². The van der Waals surface area contributed by atoms with Crippen LogP contribution in [0.25, 0.3) is 11.0 Å². The summed E-state index contributed by atoms with van der Waals surface area (Å²) in [5.41, 5.74) is 3.35. The number of fused-ring (bicyclic) bond motifs is 1. The lowest BCUT2D eigenvalue weighted by Gasteiger charge is -2.18. The molecule has 1 N–H and O–H groups in total. The van der Waals surface area contributed by atoms with E-state index in [1.807, 2.05) is 36.4 Å². The lowest BCUT2D eigenvalue weighted by molar-refractivity contribution is 0.455. The summed E-state index contributed by atoms with van der Waals surface area (Å²) < 4.78 is 4.07. The van der Waals surface area contributed by atoms with Crippen LogP contribution < -0.4 is 5.32 Å². The molecule has 0 amide bonds. The van der Waals surface area contributed by atoms with Gasteiger partial charge < -0.3 is 9.88 Å². The van der Waals surface area contributed by atoms with Gasteiger partial charge in [-0.1, -0.05) is 19.1 Å². The van der Waals surface area contributed by atoms with E-state index >= 15 is 0 Å². The number of imidazole rings is 1. The predicted octanol–water partition coefficient (Wildman–Crippen LogP) is 1.99. The third-order valence-corrected chi connectivity index (χ3v) is 3.66. The molecule has 0 fully saturated rings. The fraction of sp³-hybridized carbons (Fsp3) is 0.375. The topological polar surface area (TPSA) is 47.7 Å². The lowest BCUT2D eigenvalue weighted by atomic mass is 10.1. The van der Waals surface area contributed by atoms with Crippen molar-refractivity contribution in [2.75, 3.05) is 6.54 Å². The number of hydrogen-bond donors (Lipinski definition) is 1. The van der Waals surface area contributed by atoms with Crippen LogP contribution in [0, 0.1) is 0 Å². The summed E-state index contributed by atoms with van der Waals surface area (Å²) in [6.45, 7) is 3.98. The normalized spacial score (nSPS) is 12.9. The highest BCUT2D eigenvalue weighted by molar-refractivity contribution is 5.74. The Kier molecular flexibility index (Phi) is 4.01. The van der Waals surface area contributed by atoms with Gasteiger partial charge in [-0.2, -0.15) is 5.10 Å². The van der Waals surface area contributed by atoms with Gasteiger partial charge in [-0.3, -0.25) is 4.68 Å². The van der Waals surface area contributed by atoms with Crippen LogP contribution in [0.1, 0.15) is 12.6 Å². The van der Waals surface area contributed by atoms with Crippen LogP contribution in [0.15, 0.2) is 42.9 Å². The SMILES string of the molecule is CCNC(Cc1ccn(C)n1)Cn1cnc2ccccc21. The average molecular weight is 283 g/mol. The van der Waals surface area contributed by atoms with Gasteiger partial charge in [0.15, 0.2) is 0 Å². The van der Waals surface area contributed by atoms with E-state index in [1.54, 1.807) is 0 Å². The van der Waals surface area contributed by atoms with Gasteiger partial charge in [0.25, 0.3) is 0 Å². The maximum Gasteiger partial charge on any atom is 0.0958 e. The zero-order valence-electron chi connectivity index (χ0n) is 12.5. The Bertz CT molecular complexity index is 712. The molecule has 110 valence electrons. The van der Waals surface area contributed by atoms with E-state index in [2.05, 4.69) is 45.1 Å². The highest BCUT2D eigenvalue weighted by Gasteiger charge is 2.12. The van der Waals surface area contributed by atoms with Crippen molar-refractivity contribution in [2.24, 2.45) is 7.05 Å². The number of aryl methyl sites for hydroxylation is 1. The maximum absolute atomic E-state index is 4.48. The molecular weight excluding hydrogens is 262 g/mol. The molecule has 0 aliphatic heterocycles. The smallest absolute Gasteiger partial charge is 0.0958 e. The van der Waals surface area contributed by atoms with Crippen molar-refractivity contribution in [1.29, 1.82) is 0 Å². The number of para-hydroxylation sites is 2. The molecule has 0 aliphatic rings. The van der Waals surface area contributed by atoms with Crippen molar-refractivity contribution >= 4 is 11.0 Å². The Morgan fingerprint density at radius 1 is 1.24 bits per heavy atom. The van der Waals surface area contributed by atoms with Gasteiger partial charge in [0.1, 0.15) is 0 Å². The second-order valence-corrected chi connectivity index (χ2v) is 5.33. The standard InChI is InChI=1S/C16H21N5/c1-3-17-14(10-13-8-9-20(2)19-13)11-21-12-18-15-6-4-5-7-16(15)21/h4-9,12,14,17H,3,10-11H2,1-2H3. The molecule has 1 aromatic carbocycles. The van der Waals surface area contributed by atoms with Crippen LogP contribution in [-0.4, -0.2) is 31.9 Å². The van der Waals surface area contributed by atoms with Crippen molar-refractivity contribution in [2.45, 2.75) is 25.9 Å². The second-order valence-electron chi connectivity index (χ2n) is 5.33. The van der Waals surface area contributed by atoms with E-state index in [0.717, 1.165) is 30.7 Å². The van der Waals surface area contributed by atoms with Gasteiger partial charge >= 0.3 is 0 Å². The fourth-order valence-corrected chi connectivity index (χ4v) is 2.71. The third kappa shape index (κ3) is 3.13. The Labute approximate surface area is 124 Å². The Morgan fingerprint density at radius 3 is 2.86 bits per heavy atom. The van der Waals surface area contributed by atoms with Crippen molar-refractivity contribution in [3.63, 3.8) is 0 Å². The lowest BCUT2D eigenvalue weighted by Crippen LogP contribution is -2.35. The summed E-state index contributed by atoms with van der Waals surface area (Å²) in [7, 11) is 1.95. The van der Waals surface area contributed by atoms with Crippen LogP contribution >= 0.6 is 0 Å². The predicted molar refractivity (Wildman–Crippen MR) is 84.1 cm³/mol. The number of rotatable bonds is 6. The number of likely N-dealkylation sites (N-methyl/N-ethyl adjacent to an activating group) is 1. The van der Waals surface area contributed by atoms with E-state index in [0.29, 0.717) is 6.04 Å². The largest absolute Gasteiger partial charge is 0.329 e. The molecule has 2 heterocycles. The number of hydrogen-bond acceptors (Lipinski definition) is 3. The minimum absolute atomic E-state index is 0.350. The molecule has 5 heteroatoms. The summed E-state index contributed by atoms with van der Waals surface area (Å²) in [6.07, 6.45) is 4.83. The highest BCUT2D eigenvalue weighted by Crippen LogP contribution is 2.13. The molecule has 1 atom stereocenters. The molecule has 0 bridgehead atoms. The molecule has 21 heavy (non-hydrogen) atoms. The molecule has 2 aromatic heterocycles. The summed E-state index contributed by atoms with van der Waals surface area (Å²) >= 11 is 0. The number of aromatic nitrogens is 4. The number of nitrogens with one attached hydrogen (secondary N) is 1. The number of nitrogens with zero attached hydrogens (tertiary/aromatic N) is 4. The molecule has 5 nitrogen and oxygen atoms in total. The van der Waals surface area contributed by atoms with Crippen molar-refractivity contribution in [1.82, 2.24) is 24.6 Å². The van der Waals surface area contributed by atoms with Gasteiger partial charge in [0, 0.05) is 32.3 Å². The van der Waals surface area contributed by atoms with Crippen molar-refractivity contribution in [3.05, 3.63) is 48.5 Å². The molecule has 0 spiro atoms. The molecule has 0 radical (unpaired) electrons. The number of benzene rings is 1. The average Bonchev–Trinajstić information content (AvgIpc) is 3.06. The van der Waals surface area contributed by atoms with Gasteiger partial charge in [0.2, 0.25) is 0 Å². The first kappa shape index (κ1) is 13.8. The minimum Gasteiger partial charge on any atom is -0.329 e. The van der Waals surface area contributed by atoms with E-state index in [4.69, 9.17) is 0 Å². The molecule has 1 unspecified atom stereocenters. The Morgan fingerprint density at radius 2 is 2.10 bits per heavy atom. The van der Waals surface area contributed by atoms with Crippen molar-refractivity contribution < 1.29 is 0 Å². The van der Waals surface area contributed by atoms with E-state index in [1.165, 1.54) is 5.52 Å². The molecule has 0 saturated carbocycles. The van der Waals surface area contributed by atoms with E-state index in [-0.39, 0.29) is 0 Å². The minimum atomic E-state index is 0.350. The van der Waals surface area contributed by atoms with Gasteiger partial charge in [0.05, 0.1) is 23.1 Å². The van der Waals surface area contributed by atoms with Gasteiger partial charge in [-0.05, 0) is 24.7 Å². The second kappa shape index (κ2) is 6.10. The third-order valence-electron chi connectivity index (χ3n) is 3.66. The quantitative estimate of drug-likeness (QED) is 0.752. The van der Waals surface area contributed by atoms with E-state index < -0.39 is 0 Å². The zero-order valence-corrected chi connectivity index (χ0v) is 12.5. The molecule has 0 aliphatic carbocycles. The molecule has 3 rings (SSSR count). The zero-order chi connectivity index (χ0) is 14.7.